The molecule has 0 aromatic heterocycles. The van der Waals surface area contributed by atoms with E-state index >= 15 is 0 Å². The number of anilines is 1. The maximum absolute atomic E-state index is 12.7. The Hall–Kier alpha value is -2.11. The van der Waals surface area contributed by atoms with Gasteiger partial charge in [-0.1, -0.05) is 0 Å². The van der Waals surface area contributed by atoms with E-state index in [2.05, 4.69) is 10.6 Å². The number of carbonyl (C=O) groups is 1. The van der Waals surface area contributed by atoms with Crippen LogP contribution in [0.4, 0.5) is 24.5 Å². The van der Waals surface area contributed by atoms with Crippen molar-refractivity contribution in [2.45, 2.75) is 25.1 Å². The third-order valence-electron chi connectivity index (χ3n) is 4.34. The number of halogens is 4. The topological polar surface area (TPSA) is 120 Å². The van der Waals surface area contributed by atoms with Gasteiger partial charge in [-0.2, -0.15) is 13.2 Å². The van der Waals surface area contributed by atoms with Crippen LogP contribution in [0.15, 0.2) is 18.2 Å². The van der Waals surface area contributed by atoms with Crippen LogP contribution in [0.3, 0.4) is 0 Å². The van der Waals surface area contributed by atoms with Gasteiger partial charge in [0, 0.05) is 32.4 Å². The first kappa shape index (κ1) is 23.9. The SMILES string of the molecule is Cl.NC(C(=O)NCCNc1ccc(C(F)(F)F)cc1[N+](=O)[O-])C1CCOCC1. The van der Waals surface area contributed by atoms with Gasteiger partial charge < -0.3 is 21.1 Å². The molecular formula is C16H22ClF3N4O4. The summed E-state index contributed by atoms with van der Waals surface area (Å²) in [6.45, 7) is 1.34. The molecular weight excluding hydrogens is 405 g/mol. The molecule has 0 spiro atoms. The van der Waals surface area contributed by atoms with Gasteiger partial charge in [-0.3, -0.25) is 14.9 Å². The second-order valence-corrected chi connectivity index (χ2v) is 6.18. The summed E-state index contributed by atoms with van der Waals surface area (Å²) in [5.41, 5.74) is 4.08. The highest BCUT2D eigenvalue weighted by molar-refractivity contribution is 5.85. The van der Waals surface area contributed by atoms with Crippen LogP contribution >= 0.6 is 12.4 Å². The van der Waals surface area contributed by atoms with Crippen LogP contribution in [0.25, 0.3) is 0 Å². The summed E-state index contributed by atoms with van der Waals surface area (Å²) in [7, 11) is 0. The Morgan fingerprint density at radius 3 is 2.54 bits per heavy atom. The van der Waals surface area contributed by atoms with Gasteiger partial charge in [0.15, 0.2) is 0 Å². The molecule has 1 aromatic carbocycles. The van der Waals surface area contributed by atoms with Crippen LogP contribution in [0.2, 0.25) is 0 Å². The van der Waals surface area contributed by atoms with E-state index in [4.69, 9.17) is 10.5 Å². The highest BCUT2D eigenvalue weighted by atomic mass is 35.5. The average molecular weight is 427 g/mol. The Morgan fingerprint density at radius 2 is 1.96 bits per heavy atom. The van der Waals surface area contributed by atoms with Crippen LogP contribution in [0.5, 0.6) is 0 Å². The number of hydrogen-bond acceptors (Lipinski definition) is 6. The van der Waals surface area contributed by atoms with E-state index in [1.165, 1.54) is 0 Å². The predicted octanol–water partition coefficient (Wildman–Crippen LogP) is 2.32. The van der Waals surface area contributed by atoms with Gasteiger partial charge in [-0.15, -0.1) is 12.4 Å². The standard InChI is InChI=1S/C16H21F3N4O4.ClH/c17-16(18,19)11-1-2-12(13(9-11)23(25)26)21-5-6-22-15(24)14(20)10-3-7-27-8-4-10;/h1-2,9-10,14,21H,3-8,20H2,(H,22,24);1H. The van der Waals surface area contributed by atoms with Gasteiger partial charge in [-0.25, -0.2) is 0 Å². The Labute approximate surface area is 165 Å². The average Bonchev–Trinajstić information content (AvgIpc) is 2.64. The molecule has 1 amide bonds. The smallest absolute Gasteiger partial charge is 0.381 e. The van der Waals surface area contributed by atoms with Gasteiger partial charge in [0.1, 0.15) is 5.69 Å². The van der Waals surface area contributed by atoms with Crippen LogP contribution < -0.4 is 16.4 Å². The molecule has 1 fully saturated rings. The second kappa shape index (κ2) is 10.4. The molecule has 0 bridgehead atoms. The Balaban J connectivity index is 0.00000392. The first-order chi connectivity index (χ1) is 12.7. The number of alkyl halides is 3. The Kier molecular flexibility index (Phi) is 8.92. The molecule has 28 heavy (non-hydrogen) atoms. The highest BCUT2D eigenvalue weighted by Gasteiger charge is 2.33. The van der Waals surface area contributed by atoms with Crippen LogP contribution in [-0.2, 0) is 15.7 Å². The fourth-order valence-electron chi connectivity index (χ4n) is 2.80. The van der Waals surface area contributed by atoms with E-state index in [0.717, 1.165) is 12.1 Å². The van der Waals surface area contributed by atoms with E-state index < -0.39 is 28.4 Å². The molecule has 2 rings (SSSR count). The minimum absolute atomic E-state index is 0. The minimum Gasteiger partial charge on any atom is -0.381 e. The summed E-state index contributed by atoms with van der Waals surface area (Å²) in [5, 5.41) is 16.3. The summed E-state index contributed by atoms with van der Waals surface area (Å²) in [5.74, 6) is -0.312. The molecule has 1 unspecified atom stereocenters. The first-order valence-corrected chi connectivity index (χ1v) is 8.40. The van der Waals surface area contributed by atoms with E-state index in [1.54, 1.807) is 0 Å². The lowest BCUT2D eigenvalue weighted by Crippen LogP contribution is -2.48. The summed E-state index contributed by atoms with van der Waals surface area (Å²) < 4.78 is 43.2. The molecule has 0 saturated carbocycles. The van der Waals surface area contributed by atoms with Crippen LogP contribution in [-0.4, -0.2) is 43.2 Å². The molecule has 158 valence electrons. The molecule has 0 radical (unpaired) electrons. The summed E-state index contributed by atoms with van der Waals surface area (Å²) in [6, 6.07) is 1.56. The number of hydrogen-bond donors (Lipinski definition) is 3. The lowest BCUT2D eigenvalue weighted by atomic mass is 9.92. The van der Waals surface area contributed by atoms with Gasteiger partial charge in [0.05, 0.1) is 16.5 Å². The fourth-order valence-corrected chi connectivity index (χ4v) is 2.80. The number of ether oxygens (including phenoxy) is 1. The molecule has 1 heterocycles. The normalized spacial score (nSPS) is 16.0. The molecule has 0 aliphatic carbocycles. The minimum atomic E-state index is -4.67. The van der Waals surface area contributed by atoms with Crippen molar-refractivity contribution in [3.63, 3.8) is 0 Å². The van der Waals surface area contributed by atoms with Crippen molar-refractivity contribution in [1.29, 1.82) is 0 Å². The van der Waals surface area contributed by atoms with E-state index in [1.807, 2.05) is 0 Å². The van der Waals surface area contributed by atoms with Gasteiger partial charge in [-0.05, 0) is 30.9 Å². The Bertz CT molecular complexity index is 684. The van der Waals surface area contributed by atoms with Crippen LogP contribution in [0.1, 0.15) is 18.4 Å². The van der Waals surface area contributed by atoms with Crippen molar-refractivity contribution in [3.8, 4) is 0 Å². The van der Waals surface area contributed by atoms with Crippen LogP contribution in [0, 0.1) is 16.0 Å². The maximum atomic E-state index is 12.7. The van der Waals surface area contributed by atoms with Gasteiger partial charge in [0.25, 0.3) is 5.69 Å². The lowest BCUT2D eigenvalue weighted by Gasteiger charge is -2.26. The molecule has 1 aliphatic rings. The van der Waals surface area contributed by atoms with E-state index in [0.29, 0.717) is 32.1 Å². The first-order valence-electron chi connectivity index (χ1n) is 8.40. The number of nitro groups is 1. The van der Waals surface area contributed by atoms with Crippen molar-refractivity contribution in [2.24, 2.45) is 11.7 Å². The third kappa shape index (κ3) is 6.50. The highest BCUT2D eigenvalue weighted by Crippen LogP contribution is 2.34. The third-order valence-corrected chi connectivity index (χ3v) is 4.34. The monoisotopic (exact) mass is 426 g/mol. The zero-order chi connectivity index (χ0) is 20.0. The predicted molar refractivity (Wildman–Crippen MR) is 98.4 cm³/mol. The quantitative estimate of drug-likeness (QED) is 0.349. The molecule has 1 saturated heterocycles. The van der Waals surface area contributed by atoms with Gasteiger partial charge >= 0.3 is 6.18 Å². The zero-order valence-corrected chi connectivity index (χ0v) is 15.6. The van der Waals surface area contributed by atoms with Crippen molar-refractivity contribution >= 4 is 29.7 Å². The Morgan fingerprint density at radius 1 is 1.32 bits per heavy atom. The number of nitrogens with two attached hydrogens (primary N) is 1. The lowest BCUT2D eigenvalue weighted by molar-refractivity contribution is -0.384. The van der Waals surface area contributed by atoms with E-state index in [9.17, 15) is 28.1 Å². The zero-order valence-electron chi connectivity index (χ0n) is 14.8. The molecule has 1 aromatic rings. The second-order valence-electron chi connectivity index (χ2n) is 6.18. The number of amides is 1. The van der Waals surface area contributed by atoms with Gasteiger partial charge in [0.2, 0.25) is 5.91 Å². The molecule has 1 aliphatic heterocycles. The number of nitro benzene ring substituents is 1. The molecule has 8 nitrogen and oxygen atoms in total. The molecule has 12 heteroatoms. The van der Waals surface area contributed by atoms with E-state index in [-0.39, 0.29) is 43.0 Å². The maximum Gasteiger partial charge on any atom is 0.416 e. The molecule has 4 N–H and O–H groups in total. The summed E-state index contributed by atoms with van der Waals surface area (Å²) in [6.07, 6.45) is -3.27. The number of rotatable bonds is 7. The number of nitrogens with one attached hydrogen (secondary N) is 2. The fraction of sp³-hybridized carbons (Fsp3) is 0.562. The largest absolute Gasteiger partial charge is 0.416 e. The van der Waals surface area contributed by atoms with Crippen molar-refractivity contribution in [3.05, 3.63) is 33.9 Å². The number of carbonyl (C=O) groups excluding carboxylic acids is 1. The molecule has 1 atom stereocenters. The summed E-state index contributed by atoms with van der Waals surface area (Å²) >= 11 is 0. The number of benzene rings is 1. The van der Waals surface area contributed by atoms with Crippen molar-refractivity contribution in [1.82, 2.24) is 5.32 Å². The van der Waals surface area contributed by atoms with Crippen molar-refractivity contribution in [2.75, 3.05) is 31.6 Å². The summed E-state index contributed by atoms with van der Waals surface area (Å²) in [4.78, 5) is 22.2. The van der Waals surface area contributed by atoms with Crippen molar-refractivity contribution < 1.29 is 27.6 Å². The number of nitrogens with zero attached hydrogens (tertiary/aromatic N) is 1.